The molecule has 1 aromatic rings. The van der Waals surface area contributed by atoms with Gasteiger partial charge in [-0.25, -0.2) is 0 Å². The molecule has 0 atom stereocenters. The molecule has 0 saturated carbocycles. The summed E-state index contributed by atoms with van der Waals surface area (Å²) >= 11 is 5.96. The van der Waals surface area contributed by atoms with Gasteiger partial charge in [0.1, 0.15) is 0 Å². The number of carbonyl (C=O) groups is 2. The fraction of sp³-hybridized carbons (Fsp3) is 0.529. The molecule has 2 rings (SSSR count). The number of nitrogens with zero attached hydrogens (tertiary/aromatic N) is 2. The monoisotopic (exact) mass is 337 g/mol. The maximum absolute atomic E-state index is 12.3. The molecule has 23 heavy (non-hydrogen) atoms. The van der Waals surface area contributed by atoms with Gasteiger partial charge in [0.15, 0.2) is 0 Å². The first kappa shape index (κ1) is 17.8. The average molecular weight is 338 g/mol. The highest BCUT2D eigenvalue weighted by molar-refractivity contribution is 6.30. The van der Waals surface area contributed by atoms with Crippen LogP contribution < -0.4 is 5.32 Å². The van der Waals surface area contributed by atoms with Crippen molar-refractivity contribution in [3.63, 3.8) is 0 Å². The molecule has 0 unspecified atom stereocenters. The molecule has 1 fully saturated rings. The normalized spacial score (nSPS) is 15.5. The van der Waals surface area contributed by atoms with E-state index in [1.54, 1.807) is 0 Å². The number of likely N-dealkylation sites (N-methyl/N-ethyl adjacent to an activating group) is 1. The lowest BCUT2D eigenvalue weighted by Gasteiger charge is -2.34. The van der Waals surface area contributed by atoms with Gasteiger partial charge < -0.3 is 10.2 Å². The van der Waals surface area contributed by atoms with Crippen molar-refractivity contribution in [2.45, 2.75) is 19.8 Å². The molecule has 1 N–H and O–H groups in total. The van der Waals surface area contributed by atoms with Crippen LogP contribution in [0.2, 0.25) is 5.02 Å². The number of hydrogen-bond donors (Lipinski definition) is 1. The van der Waals surface area contributed by atoms with Crippen LogP contribution in [0.4, 0.5) is 0 Å². The van der Waals surface area contributed by atoms with E-state index in [1.165, 1.54) is 0 Å². The second-order valence-corrected chi connectivity index (χ2v) is 6.18. The first-order valence-corrected chi connectivity index (χ1v) is 8.47. The minimum atomic E-state index is 0.0493. The van der Waals surface area contributed by atoms with Crippen LogP contribution in [-0.2, 0) is 16.0 Å². The summed E-state index contributed by atoms with van der Waals surface area (Å²) in [6.07, 6.45) is 1.20. The lowest BCUT2D eigenvalue weighted by molar-refractivity contribution is -0.133. The molecular formula is C17H24ClN3O2. The van der Waals surface area contributed by atoms with Gasteiger partial charge in [-0.05, 0) is 31.0 Å². The van der Waals surface area contributed by atoms with Crippen LogP contribution in [0.3, 0.4) is 0 Å². The third kappa shape index (κ3) is 5.84. The molecule has 1 aromatic carbocycles. The molecule has 0 bridgehead atoms. The van der Waals surface area contributed by atoms with Gasteiger partial charge in [0.05, 0.1) is 6.54 Å². The molecule has 0 radical (unpaired) electrons. The van der Waals surface area contributed by atoms with Crippen LogP contribution in [0.25, 0.3) is 0 Å². The van der Waals surface area contributed by atoms with Gasteiger partial charge in [-0.2, -0.15) is 0 Å². The fourth-order valence-electron chi connectivity index (χ4n) is 2.71. The van der Waals surface area contributed by atoms with Gasteiger partial charge >= 0.3 is 0 Å². The van der Waals surface area contributed by atoms with Crippen LogP contribution in [-0.4, -0.2) is 60.9 Å². The number of amides is 2. The second-order valence-electron chi connectivity index (χ2n) is 5.74. The highest BCUT2D eigenvalue weighted by atomic mass is 35.5. The van der Waals surface area contributed by atoms with E-state index in [-0.39, 0.29) is 11.8 Å². The Kier molecular flexibility index (Phi) is 6.86. The quantitative estimate of drug-likeness (QED) is 0.857. The summed E-state index contributed by atoms with van der Waals surface area (Å²) in [7, 11) is 0. The highest BCUT2D eigenvalue weighted by Crippen LogP contribution is 2.13. The van der Waals surface area contributed by atoms with Gasteiger partial charge in [0, 0.05) is 44.2 Å². The van der Waals surface area contributed by atoms with E-state index in [0.717, 1.165) is 18.7 Å². The van der Waals surface area contributed by atoms with E-state index in [9.17, 15) is 9.59 Å². The van der Waals surface area contributed by atoms with Gasteiger partial charge in [-0.1, -0.05) is 23.7 Å². The number of halogens is 1. The summed E-state index contributed by atoms with van der Waals surface area (Å²) in [6, 6.07) is 7.63. The molecule has 5 nitrogen and oxygen atoms in total. The first-order chi connectivity index (χ1) is 11.1. The molecule has 126 valence electrons. The zero-order valence-corrected chi connectivity index (χ0v) is 14.3. The summed E-state index contributed by atoms with van der Waals surface area (Å²) in [5.74, 6) is 0.218. The molecule has 1 heterocycles. The van der Waals surface area contributed by atoms with E-state index in [1.807, 2.05) is 36.1 Å². The maximum atomic E-state index is 12.3. The second kappa shape index (κ2) is 8.89. The van der Waals surface area contributed by atoms with E-state index in [4.69, 9.17) is 11.6 Å². The summed E-state index contributed by atoms with van der Waals surface area (Å²) in [5, 5.41) is 3.50. The van der Waals surface area contributed by atoms with Crippen LogP contribution in [0.1, 0.15) is 18.9 Å². The van der Waals surface area contributed by atoms with Crippen LogP contribution in [0, 0.1) is 0 Å². The molecule has 2 amide bonds. The van der Waals surface area contributed by atoms with Crippen molar-refractivity contribution in [1.82, 2.24) is 15.1 Å². The van der Waals surface area contributed by atoms with E-state index < -0.39 is 0 Å². The Hall–Kier alpha value is -1.59. The van der Waals surface area contributed by atoms with Gasteiger partial charge in [0.25, 0.3) is 0 Å². The van der Waals surface area contributed by atoms with E-state index in [0.29, 0.717) is 44.0 Å². The number of rotatable bonds is 6. The molecular weight excluding hydrogens is 314 g/mol. The molecule has 0 spiro atoms. The van der Waals surface area contributed by atoms with E-state index >= 15 is 0 Å². The Morgan fingerprint density at radius 2 is 1.96 bits per heavy atom. The third-order valence-corrected chi connectivity index (χ3v) is 4.22. The molecule has 0 aliphatic carbocycles. The Morgan fingerprint density at radius 3 is 2.61 bits per heavy atom. The maximum Gasteiger partial charge on any atom is 0.234 e. The van der Waals surface area contributed by atoms with Crippen molar-refractivity contribution in [1.29, 1.82) is 0 Å². The lowest BCUT2D eigenvalue weighted by Crippen LogP contribution is -2.51. The Balaban J connectivity index is 1.72. The van der Waals surface area contributed by atoms with Crippen molar-refractivity contribution in [2.75, 3.05) is 39.3 Å². The predicted molar refractivity (Wildman–Crippen MR) is 91.5 cm³/mol. The number of nitrogens with one attached hydrogen (secondary N) is 1. The van der Waals surface area contributed by atoms with Gasteiger partial charge in [-0.15, -0.1) is 0 Å². The SMILES string of the molecule is CCNC(=O)CN1CCN(C(=O)CCc2cccc(Cl)c2)CC1. The largest absolute Gasteiger partial charge is 0.355 e. The standard InChI is InChI=1S/C17H24ClN3O2/c1-2-19-16(22)13-20-8-10-21(11-9-20)17(23)7-6-14-4-3-5-15(18)12-14/h3-5,12H,2,6-11,13H2,1H3,(H,19,22). The number of aryl methyl sites for hydroxylation is 1. The first-order valence-electron chi connectivity index (χ1n) is 8.09. The summed E-state index contributed by atoms with van der Waals surface area (Å²) in [4.78, 5) is 27.8. The van der Waals surface area contributed by atoms with Crippen molar-refractivity contribution in [3.8, 4) is 0 Å². The number of benzene rings is 1. The van der Waals surface area contributed by atoms with E-state index in [2.05, 4.69) is 10.2 Å². The summed E-state index contributed by atoms with van der Waals surface area (Å²) < 4.78 is 0. The lowest BCUT2D eigenvalue weighted by atomic mass is 10.1. The molecule has 1 aliphatic heterocycles. The zero-order valence-electron chi connectivity index (χ0n) is 13.6. The summed E-state index contributed by atoms with van der Waals surface area (Å²) in [6.45, 7) is 5.86. The van der Waals surface area contributed by atoms with Crippen LogP contribution >= 0.6 is 11.6 Å². The topological polar surface area (TPSA) is 52.7 Å². The van der Waals surface area contributed by atoms with Gasteiger partial charge in [0.2, 0.25) is 11.8 Å². The molecule has 0 aromatic heterocycles. The number of piperazine rings is 1. The van der Waals surface area contributed by atoms with Crippen molar-refractivity contribution in [3.05, 3.63) is 34.9 Å². The minimum absolute atomic E-state index is 0.0493. The smallest absolute Gasteiger partial charge is 0.234 e. The Bertz CT molecular complexity index is 542. The zero-order chi connectivity index (χ0) is 16.7. The van der Waals surface area contributed by atoms with Gasteiger partial charge in [-0.3, -0.25) is 14.5 Å². The fourth-order valence-corrected chi connectivity index (χ4v) is 2.93. The summed E-state index contributed by atoms with van der Waals surface area (Å²) in [5.41, 5.74) is 1.08. The Labute approximate surface area is 142 Å². The highest BCUT2D eigenvalue weighted by Gasteiger charge is 2.21. The molecule has 1 aliphatic rings. The van der Waals surface area contributed by atoms with Crippen molar-refractivity contribution < 1.29 is 9.59 Å². The average Bonchev–Trinajstić information content (AvgIpc) is 2.53. The van der Waals surface area contributed by atoms with Crippen molar-refractivity contribution >= 4 is 23.4 Å². The molecule has 1 saturated heterocycles. The third-order valence-electron chi connectivity index (χ3n) is 3.98. The van der Waals surface area contributed by atoms with Crippen LogP contribution in [0.15, 0.2) is 24.3 Å². The predicted octanol–water partition coefficient (Wildman–Crippen LogP) is 1.55. The number of hydrogen-bond acceptors (Lipinski definition) is 3. The Morgan fingerprint density at radius 1 is 1.22 bits per heavy atom. The van der Waals surface area contributed by atoms with Crippen molar-refractivity contribution in [2.24, 2.45) is 0 Å². The molecule has 6 heteroatoms. The minimum Gasteiger partial charge on any atom is -0.355 e. The van der Waals surface area contributed by atoms with Crippen LogP contribution in [0.5, 0.6) is 0 Å². The number of carbonyl (C=O) groups excluding carboxylic acids is 2.